The molecule has 1 unspecified atom stereocenters. The highest BCUT2D eigenvalue weighted by molar-refractivity contribution is 7.89. The Morgan fingerprint density at radius 3 is 2.22 bits per heavy atom. The monoisotopic (exact) mass is 398 g/mol. The maximum absolute atomic E-state index is 13.1. The average molecular weight is 398 g/mol. The molecule has 5 nitrogen and oxygen atoms in total. The van der Waals surface area contributed by atoms with E-state index in [4.69, 9.17) is 0 Å². The van der Waals surface area contributed by atoms with Crippen LogP contribution in [0.1, 0.15) is 23.6 Å². The maximum Gasteiger partial charge on any atom is 0.416 e. The largest absolute Gasteiger partial charge is 0.416 e. The number of rotatable bonds is 3. The second kappa shape index (κ2) is 7.32. The Labute approximate surface area is 154 Å². The predicted octanol–water partition coefficient (Wildman–Crippen LogP) is 2.96. The van der Waals surface area contributed by atoms with E-state index < -0.39 is 27.8 Å². The van der Waals surface area contributed by atoms with Crippen molar-refractivity contribution in [1.82, 2.24) is 9.62 Å². The first kappa shape index (κ1) is 19.4. The van der Waals surface area contributed by atoms with Crippen molar-refractivity contribution in [3.63, 3.8) is 0 Å². The van der Waals surface area contributed by atoms with Crippen molar-refractivity contribution in [3.05, 3.63) is 65.7 Å². The van der Waals surface area contributed by atoms with Crippen LogP contribution in [-0.4, -0.2) is 31.7 Å². The zero-order chi connectivity index (χ0) is 19.7. The lowest BCUT2D eigenvalue weighted by Gasteiger charge is -2.28. The molecule has 2 aromatic rings. The molecule has 2 aromatic carbocycles. The summed E-state index contributed by atoms with van der Waals surface area (Å²) in [6, 6.07) is 11.3. The van der Waals surface area contributed by atoms with E-state index in [-0.39, 0.29) is 30.3 Å². The molecule has 0 spiro atoms. The van der Waals surface area contributed by atoms with Crippen LogP contribution in [0.2, 0.25) is 0 Å². The van der Waals surface area contributed by atoms with Gasteiger partial charge in [0.15, 0.2) is 0 Å². The third-order valence-corrected chi connectivity index (χ3v) is 6.28. The molecule has 1 fully saturated rings. The fourth-order valence-corrected chi connectivity index (χ4v) is 4.62. The van der Waals surface area contributed by atoms with Gasteiger partial charge in [0.25, 0.3) is 0 Å². The smallest absolute Gasteiger partial charge is 0.355 e. The summed E-state index contributed by atoms with van der Waals surface area (Å²) in [5.41, 5.74) is -0.279. The van der Waals surface area contributed by atoms with Crippen molar-refractivity contribution in [2.45, 2.75) is 23.5 Å². The topological polar surface area (TPSA) is 66.5 Å². The third kappa shape index (κ3) is 4.14. The molecule has 1 N–H and O–H groups in total. The standard InChI is InChI=1S/C18H17F3N2O3S/c19-18(20,21)14-6-8-15(9-7-14)27(25,26)23-11-10-22-17(24)12-16(23)13-4-2-1-3-5-13/h1-9,16H,10-12H2,(H,22,24). The van der Waals surface area contributed by atoms with Crippen LogP contribution in [0.15, 0.2) is 59.5 Å². The number of amides is 1. The van der Waals surface area contributed by atoms with Gasteiger partial charge in [-0.3, -0.25) is 4.79 Å². The molecule has 0 aromatic heterocycles. The minimum absolute atomic E-state index is 0.0225. The fraction of sp³-hybridized carbons (Fsp3) is 0.278. The Morgan fingerprint density at radius 2 is 1.63 bits per heavy atom. The van der Waals surface area contributed by atoms with Gasteiger partial charge in [0.1, 0.15) is 0 Å². The maximum atomic E-state index is 13.1. The van der Waals surface area contributed by atoms with Gasteiger partial charge >= 0.3 is 6.18 Å². The Balaban J connectivity index is 2.00. The number of benzene rings is 2. The van der Waals surface area contributed by atoms with Gasteiger partial charge in [0, 0.05) is 19.5 Å². The van der Waals surface area contributed by atoms with Gasteiger partial charge in [-0.05, 0) is 29.8 Å². The summed E-state index contributed by atoms with van der Waals surface area (Å²) in [4.78, 5) is 11.7. The molecule has 1 atom stereocenters. The number of halogens is 3. The normalized spacial score (nSPS) is 19.4. The van der Waals surface area contributed by atoms with Gasteiger partial charge < -0.3 is 5.32 Å². The van der Waals surface area contributed by atoms with Gasteiger partial charge in [-0.15, -0.1) is 0 Å². The van der Waals surface area contributed by atoms with Crippen molar-refractivity contribution in [2.75, 3.05) is 13.1 Å². The highest BCUT2D eigenvalue weighted by atomic mass is 32.2. The quantitative estimate of drug-likeness (QED) is 0.865. The molecule has 144 valence electrons. The summed E-state index contributed by atoms with van der Waals surface area (Å²) < 4.78 is 65.6. The summed E-state index contributed by atoms with van der Waals surface area (Å²) >= 11 is 0. The molecule has 0 radical (unpaired) electrons. The zero-order valence-electron chi connectivity index (χ0n) is 14.1. The first-order valence-corrected chi connectivity index (χ1v) is 9.64. The number of carbonyl (C=O) groups is 1. The molecule has 27 heavy (non-hydrogen) atoms. The highest BCUT2D eigenvalue weighted by Crippen LogP contribution is 2.33. The van der Waals surface area contributed by atoms with E-state index in [0.717, 1.165) is 24.3 Å². The van der Waals surface area contributed by atoms with Gasteiger partial charge in [-0.1, -0.05) is 30.3 Å². The third-order valence-electron chi connectivity index (χ3n) is 4.35. The van der Waals surface area contributed by atoms with E-state index in [0.29, 0.717) is 5.56 Å². The van der Waals surface area contributed by atoms with Crippen molar-refractivity contribution in [1.29, 1.82) is 0 Å². The van der Waals surface area contributed by atoms with Crippen molar-refractivity contribution < 1.29 is 26.4 Å². The Kier molecular flexibility index (Phi) is 5.25. The highest BCUT2D eigenvalue weighted by Gasteiger charge is 2.36. The van der Waals surface area contributed by atoms with Crippen molar-refractivity contribution in [2.24, 2.45) is 0 Å². The Hall–Kier alpha value is -2.39. The van der Waals surface area contributed by atoms with Crippen LogP contribution in [0.3, 0.4) is 0 Å². The number of nitrogens with zero attached hydrogens (tertiary/aromatic N) is 1. The summed E-state index contributed by atoms with van der Waals surface area (Å²) in [5.74, 6) is -0.283. The lowest BCUT2D eigenvalue weighted by atomic mass is 10.0. The molecule has 1 saturated heterocycles. The molecular weight excluding hydrogens is 381 g/mol. The summed E-state index contributed by atoms with van der Waals surface area (Å²) in [5, 5.41) is 2.63. The Bertz CT molecular complexity index is 913. The van der Waals surface area contributed by atoms with Crippen LogP contribution in [0.25, 0.3) is 0 Å². The van der Waals surface area contributed by atoms with Gasteiger partial charge in [-0.25, -0.2) is 8.42 Å². The molecule has 0 bridgehead atoms. The summed E-state index contributed by atoms with van der Waals surface area (Å²) in [6.07, 6.45) is -4.61. The van der Waals surface area contributed by atoms with E-state index >= 15 is 0 Å². The molecule has 9 heteroatoms. The zero-order valence-corrected chi connectivity index (χ0v) is 14.9. The second-order valence-electron chi connectivity index (χ2n) is 6.12. The number of hydrogen-bond acceptors (Lipinski definition) is 3. The number of sulfonamides is 1. The molecule has 1 amide bonds. The first-order valence-electron chi connectivity index (χ1n) is 8.20. The number of hydrogen-bond donors (Lipinski definition) is 1. The molecule has 3 rings (SSSR count). The number of alkyl halides is 3. The molecule has 1 aliphatic heterocycles. The summed E-state index contributed by atoms with van der Waals surface area (Å²) in [7, 11) is -4.09. The lowest BCUT2D eigenvalue weighted by Crippen LogP contribution is -2.36. The average Bonchev–Trinajstić information content (AvgIpc) is 2.84. The van der Waals surface area contributed by atoms with Crippen LogP contribution in [0.5, 0.6) is 0 Å². The van der Waals surface area contributed by atoms with Gasteiger partial charge in [-0.2, -0.15) is 17.5 Å². The van der Waals surface area contributed by atoms with Crippen LogP contribution in [0, 0.1) is 0 Å². The van der Waals surface area contributed by atoms with Crippen LogP contribution in [0.4, 0.5) is 13.2 Å². The van der Waals surface area contributed by atoms with Gasteiger partial charge in [0.2, 0.25) is 15.9 Å². The lowest BCUT2D eigenvalue weighted by molar-refractivity contribution is -0.137. The van der Waals surface area contributed by atoms with E-state index in [9.17, 15) is 26.4 Å². The molecule has 0 saturated carbocycles. The molecule has 0 aliphatic carbocycles. The van der Waals surface area contributed by atoms with Crippen LogP contribution >= 0.6 is 0 Å². The SMILES string of the molecule is O=C1CC(c2ccccc2)N(S(=O)(=O)c2ccc(C(F)(F)F)cc2)CCN1. The first-order chi connectivity index (χ1) is 12.7. The minimum atomic E-state index is -4.55. The summed E-state index contributed by atoms with van der Waals surface area (Å²) in [6.45, 7) is 0.149. The van der Waals surface area contributed by atoms with Crippen LogP contribution in [-0.2, 0) is 21.0 Å². The van der Waals surface area contributed by atoms with E-state index in [2.05, 4.69) is 5.32 Å². The Morgan fingerprint density at radius 1 is 1.00 bits per heavy atom. The minimum Gasteiger partial charge on any atom is -0.355 e. The van der Waals surface area contributed by atoms with E-state index in [1.807, 2.05) is 0 Å². The molecule has 1 heterocycles. The van der Waals surface area contributed by atoms with Crippen molar-refractivity contribution in [3.8, 4) is 0 Å². The van der Waals surface area contributed by atoms with Gasteiger partial charge in [0.05, 0.1) is 16.5 Å². The number of nitrogens with one attached hydrogen (secondary N) is 1. The fourth-order valence-electron chi connectivity index (χ4n) is 3.01. The molecular formula is C18H17F3N2O3S. The van der Waals surface area contributed by atoms with Crippen LogP contribution < -0.4 is 5.32 Å². The predicted molar refractivity (Wildman–Crippen MR) is 92.1 cm³/mol. The molecule has 1 aliphatic rings. The van der Waals surface area contributed by atoms with Crippen molar-refractivity contribution >= 4 is 15.9 Å². The number of carbonyl (C=O) groups excluding carboxylic acids is 1. The van der Waals surface area contributed by atoms with E-state index in [1.165, 1.54) is 4.31 Å². The van der Waals surface area contributed by atoms with E-state index in [1.54, 1.807) is 30.3 Å². The second-order valence-corrected chi connectivity index (χ2v) is 8.01.